The number of nitrogens with zero attached hydrogens (tertiary/aromatic N) is 2. The van der Waals surface area contributed by atoms with E-state index in [1.54, 1.807) is 0 Å². The van der Waals surface area contributed by atoms with Crippen LogP contribution in [0.1, 0.15) is 51.3 Å². The molecule has 0 amide bonds. The number of unbranched alkanes of at least 4 members (excludes halogenated alkanes) is 1. The molecule has 0 aromatic carbocycles. The standard InChI is InChI=1S/C13H23N3/c1-4-5-6-14-13-15-11(3)9-16(13)12-7-10(2)8-12/h9-10,12H,4-8H2,1-3H3,(H,14,15). The fourth-order valence-electron chi connectivity index (χ4n) is 2.39. The molecule has 1 fully saturated rings. The van der Waals surface area contributed by atoms with Crippen LogP contribution >= 0.6 is 0 Å². The van der Waals surface area contributed by atoms with Crippen molar-refractivity contribution >= 4 is 5.95 Å². The van der Waals surface area contributed by atoms with Gasteiger partial charge in [-0.1, -0.05) is 20.3 Å². The van der Waals surface area contributed by atoms with E-state index in [2.05, 4.69) is 41.8 Å². The Bertz CT molecular complexity index is 337. The zero-order valence-corrected chi connectivity index (χ0v) is 10.7. The molecule has 0 unspecified atom stereocenters. The van der Waals surface area contributed by atoms with E-state index in [0.29, 0.717) is 6.04 Å². The van der Waals surface area contributed by atoms with Crippen LogP contribution in [0.15, 0.2) is 6.20 Å². The predicted molar refractivity (Wildman–Crippen MR) is 67.8 cm³/mol. The third-order valence-electron chi connectivity index (χ3n) is 3.41. The number of aromatic nitrogens is 2. The van der Waals surface area contributed by atoms with Gasteiger partial charge in [-0.05, 0) is 32.1 Å². The van der Waals surface area contributed by atoms with Gasteiger partial charge in [0.1, 0.15) is 0 Å². The average Bonchev–Trinajstić information content (AvgIpc) is 2.55. The molecule has 0 saturated heterocycles. The third kappa shape index (κ3) is 2.39. The number of rotatable bonds is 5. The Balaban J connectivity index is 1.99. The van der Waals surface area contributed by atoms with Gasteiger partial charge >= 0.3 is 0 Å². The summed E-state index contributed by atoms with van der Waals surface area (Å²) in [6.07, 6.45) is 7.24. The summed E-state index contributed by atoms with van der Waals surface area (Å²) in [5, 5.41) is 3.45. The summed E-state index contributed by atoms with van der Waals surface area (Å²) in [5.74, 6) is 1.96. The summed E-state index contributed by atoms with van der Waals surface area (Å²) in [7, 11) is 0. The fraction of sp³-hybridized carbons (Fsp3) is 0.769. The van der Waals surface area contributed by atoms with E-state index in [0.717, 1.165) is 24.1 Å². The molecule has 1 saturated carbocycles. The van der Waals surface area contributed by atoms with Gasteiger partial charge in [0.2, 0.25) is 5.95 Å². The molecule has 1 aliphatic carbocycles. The lowest BCUT2D eigenvalue weighted by atomic mass is 9.82. The number of hydrogen-bond donors (Lipinski definition) is 1. The lowest BCUT2D eigenvalue weighted by Crippen LogP contribution is -2.25. The van der Waals surface area contributed by atoms with Crippen LogP contribution in [0.25, 0.3) is 0 Å². The van der Waals surface area contributed by atoms with Crippen molar-refractivity contribution in [2.75, 3.05) is 11.9 Å². The smallest absolute Gasteiger partial charge is 0.203 e. The second kappa shape index (κ2) is 4.89. The van der Waals surface area contributed by atoms with E-state index in [-0.39, 0.29) is 0 Å². The molecule has 1 N–H and O–H groups in total. The predicted octanol–water partition coefficient (Wildman–Crippen LogP) is 3.37. The molecule has 16 heavy (non-hydrogen) atoms. The van der Waals surface area contributed by atoms with Crippen LogP contribution in [0.3, 0.4) is 0 Å². The van der Waals surface area contributed by atoms with Crippen LogP contribution in [0.4, 0.5) is 5.95 Å². The zero-order valence-electron chi connectivity index (χ0n) is 10.7. The minimum absolute atomic E-state index is 0.681. The van der Waals surface area contributed by atoms with E-state index >= 15 is 0 Å². The maximum atomic E-state index is 4.56. The Hall–Kier alpha value is -0.990. The van der Waals surface area contributed by atoms with E-state index in [1.807, 2.05) is 0 Å². The molecular formula is C13H23N3. The molecule has 0 spiro atoms. The Morgan fingerprint density at radius 2 is 2.25 bits per heavy atom. The minimum Gasteiger partial charge on any atom is -0.356 e. The molecule has 3 nitrogen and oxygen atoms in total. The van der Waals surface area contributed by atoms with Crippen molar-refractivity contribution in [2.24, 2.45) is 5.92 Å². The lowest BCUT2D eigenvalue weighted by molar-refractivity contribution is 0.218. The fourth-order valence-corrected chi connectivity index (χ4v) is 2.39. The van der Waals surface area contributed by atoms with Gasteiger partial charge in [-0.3, -0.25) is 0 Å². The van der Waals surface area contributed by atoms with Crippen molar-refractivity contribution in [1.82, 2.24) is 9.55 Å². The number of imidazole rings is 1. The summed E-state index contributed by atoms with van der Waals surface area (Å²) in [6, 6.07) is 0.681. The Labute approximate surface area is 98.3 Å². The molecule has 0 radical (unpaired) electrons. The quantitative estimate of drug-likeness (QED) is 0.772. The normalized spacial score (nSPS) is 24.2. The van der Waals surface area contributed by atoms with Gasteiger partial charge in [0.25, 0.3) is 0 Å². The monoisotopic (exact) mass is 221 g/mol. The highest BCUT2D eigenvalue weighted by Gasteiger charge is 2.28. The summed E-state index contributed by atoms with van der Waals surface area (Å²) >= 11 is 0. The van der Waals surface area contributed by atoms with Crippen LogP contribution in [-0.2, 0) is 0 Å². The third-order valence-corrected chi connectivity index (χ3v) is 3.41. The van der Waals surface area contributed by atoms with Gasteiger partial charge in [-0.25, -0.2) is 4.98 Å². The molecular weight excluding hydrogens is 198 g/mol. The number of anilines is 1. The van der Waals surface area contributed by atoms with Gasteiger partial charge in [0.15, 0.2) is 0 Å². The molecule has 90 valence electrons. The van der Waals surface area contributed by atoms with Crippen molar-refractivity contribution in [1.29, 1.82) is 0 Å². The molecule has 1 aliphatic rings. The highest BCUT2D eigenvalue weighted by atomic mass is 15.2. The number of aryl methyl sites for hydroxylation is 1. The molecule has 1 aromatic rings. The second-order valence-corrected chi connectivity index (χ2v) is 5.12. The molecule has 0 aliphatic heterocycles. The summed E-state index contributed by atoms with van der Waals surface area (Å²) < 4.78 is 2.34. The van der Waals surface area contributed by atoms with Gasteiger partial charge in [-0.2, -0.15) is 0 Å². The van der Waals surface area contributed by atoms with Crippen LogP contribution in [-0.4, -0.2) is 16.1 Å². The molecule has 0 bridgehead atoms. The van der Waals surface area contributed by atoms with Crippen LogP contribution in [0.2, 0.25) is 0 Å². The van der Waals surface area contributed by atoms with E-state index in [1.165, 1.54) is 25.7 Å². The summed E-state index contributed by atoms with van der Waals surface area (Å²) in [4.78, 5) is 4.56. The van der Waals surface area contributed by atoms with Crippen molar-refractivity contribution in [3.8, 4) is 0 Å². The summed E-state index contributed by atoms with van der Waals surface area (Å²) in [5.41, 5.74) is 1.12. The molecule has 2 rings (SSSR count). The van der Waals surface area contributed by atoms with Gasteiger partial charge < -0.3 is 9.88 Å². The first-order valence-electron chi connectivity index (χ1n) is 6.50. The van der Waals surface area contributed by atoms with Crippen LogP contribution in [0.5, 0.6) is 0 Å². The maximum absolute atomic E-state index is 4.56. The average molecular weight is 221 g/mol. The zero-order chi connectivity index (χ0) is 11.5. The Morgan fingerprint density at radius 3 is 2.88 bits per heavy atom. The van der Waals surface area contributed by atoms with E-state index in [4.69, 9.17) is 0 Å². The molecule has 1 aromatic heterocycles. The maximum Gasteiger partial charge on any atom is 0.203 e. The summed E-state index contributed by atoms with van der Waals surface area (Å²) in [6.45, 7) is 7.65. The molecule has 3 heteroatoms. The highest BCUT2D eigenvalue weighted by Crippen LogP contribution is 2.38. The Morgan fingerprint density at radius 1 is 1.50 bits per heavy atom. The molecule has 0 atom stereocenters. The highest BCUT2D eigenvalue weighted by molar-refractivity contribution is 5.30. The Kier molecular flexibility index (Phi) is 3.52. The van der Waals surface area contributed by atoms with Gasteiger partial charge in [0.05, 0.1) is 5.69 Å². The largest absolute Gasteiger partial charge is 0.356 e. The number of hydrogen-bond acceptors (Lipinski definition) is 2. The van der Waals surface area contributed by atoms with Crippen molar-refractivity contribution in [3.05, 3.63) is 11.9 Å². The minimum atomic E-state index is 0.681. The van der Waals surface area contributed by atoms with Crippen LogP contribution in [0, 0.1) is 12.8 Å². The van der Waals surface area contributed by atoms with Gasteiger partial charge in [-0.15, -0.1) is 0 Å². The number of nitrogens with one attached hydrogen (secondary N) is 1. The van der Waals surface area contributed by atoms with Crippen molar-refractivity contribution in [2.45, 2.75) is 52.5 Å². The molecule has 1 heterocycles. The first-order chi connectivity index (χ1) is 7.70. The first-order valence-corrected chi connectivity index (χ1v) is 6.50. The van der Waals surface area contributed by atoms with Crippen molar-refractivity contribution in [3.63, 3.8) is 0 Å². The lowest BCUT2D eigenvalue weighted by Gasteiger charge is -2.34. The van der Waals surface area contributed by atoms with Crippen molar-refractivity contribution < 1.29 is 0 Å². The second-order valence-electron chi connectivity index (χ2n) is 5.12. The van der Waals surface area contributed by atoms with E-state index < -0.39 is 0 Å². The first kappa shape index (κ1) is 11.5. The van der Waals surface area contributed by atoms with Crippen LogP contribution < -0.4 is 5.32 Å². The SMILES string of the molecule is CCCCNc1nc(C)cn1C1CC(C)C1. The topological polar surface area (TPSA) is 29.9 Å². The van der Waals surface area contributed by atoms with E-state index in [9.17, 15) is 0 Å². The van der Waals surface area contributed by atoms with Gasteiger partial charge in [0, 0.05) is 18.8 Å².